The zero-order valence-electron chi connectivity index (χ0n) is 31.9. The number of ether oxygens (including phenoxy) is 2. The van der Waals surface area contributed by atoms with Gasteiger partial charge in [-0.15, -0.1) is 5.11 Å². The van der Waals surface area contributed by atoms with Crippen LogP contribution < -0.4 is 9.47 Å². The minimum atomic E-state index is -4.43. The Hall–Kier alpha value is -6.77. The molecule has 0 saturated heterocycles. The molecule has 0 radical (unpaired) electrons. The van der Waals surface area contributed by atoms with Crippen molar-refractivity contribution >= 4 is 27.8 Å². The van der Waals surface area contributed by atoms with E-state index in [2.05, 4.69) is 33.4 Å². The van der Waals surface area contributed by atoms with Crippen LogP contribution >= 0.6 is 0 Å². The summed E-state index contributed by atoms with van der Waals surface area (Å²) in [5.41, 5.74) is 6.04. The van der Waals surface area contributed by atoms with Crippen LogP contribution in [-0.4, -0.2) is 64.1 Å². The molecule has 59 heavy (non-hydrogen) atoms. The van der Waals surface area contributed by atoms with Crippen molar-refractivity contribution in [2.75, 3.05) is 13.2 Å². The topological polar surface area (TPSA) is 181 Å². The minimum Gasteiger partial charge on any atom is -0.494 e. The molecule has 0 aliphatic carbocycles. The fourth-order valence-electron chi connectivity index (χ4n) is 6.77. The van der Waals surface area contributed by atoms with Gasteiger partial charge in [0.05, 0.1) is 35.9 Å². The lowest BCUT2D eigenvalue weighted by molar-refractivity contribution is -0.142. The molecule has 1 aliphatic rings. The number of carbonyl (C=O) groups is 2. The Kier molecular flexibility index (Phi) is 12.8. The maximum absolute atomic E-state index is 13.6. The van der Waals surface area contributed by atoms with E-state index in [4.69, 9.17) is 14.5 Å². The highest BCUT2D eigenvalue weighted by Gasteiger charge is 2.35. The number of unbranched alkanes of at least 4 members (excludes halogenated alkanes) is 2. The average Bonchev–Trinajstić information content (AvgIpc) is 3.26. The Morgan fingerprint density at radius 3 is 2.19 bits per heavy atom. The predicted octanol–water partition coefficient (Wildman–Crippen LogP) is 8.62. The summed E-state index contributed by atoms with van der Waals surface area (Å²) in [6.45, 7) is 0.914. The molecule has 13 nitrogen and oxygen atoms in total. The highest BCUT2D eigenvalue weighted by molar-refractivity contribution is 7.85. The summed E-state index contributed by atoms with van der Waals surface area (Å²) in [5.74, 6) is -0.265. The van der Waals surface area contributed by atoms with Crippen LogP contribution in [0, 0.1) is 0 Å². The van der Waals surface area contributed by atoms with E-state index in [0.717, 1.165) is 52.8 Å². The number of hydrogen-bond acceptors (Lipinski definition) is 10. The normalized spacial score (nSPS) is 13.8. The number of benzene rings is 4. The number of rotatable bonds is 16. The number of carbonyl (C=O) groups excluding carboxylic acids is 1. The Balaban J connectivity index is 0.912. The van der Waals surface area contributed by atoms with Gasteiger partial charge in [-0.3, -0.25) is 9.35 Å². The SMILES string of the molecule is O=C(O)C1Cc2ccc(OCCCCCOc3cc(-c4ccccc4)cc(-c4ccccc4)n3)cc2CN1C(=O)c1ccc(N=NCc2ccccc2S(=O)(=O)O)nc1. The molecule has 1 amide bonds. The maximum atomic E-state index is 13.6. The van der Waals surface area contributed by atoms with Crippen LogP contribution in [0.2, 0.25) is 0 Å². The van der Waals surface area contributed by atoms with Gasteiger partial charge in [-0.1, -0.05) is 84.9 Å². The molecule has 4 aromatic carbocycles. The van der Waals surface area contributed by atoms with Crippen LogP contribution in [0.1, 0.15) is 46.3 Å². The third kappa shape index (κ3) is 10.4. The van der Waals surface area contributed by atoms with Gasteiger partial charge in [0, 0.05) is 30.8 Å². The number of aliphatic carboxylic acids is 1. The van der Waals surface area contributed by atoms with Gasteiger partial charge < -0.3 is 19.5 Å². The van der Waals surface area contributed by atoms with E-state index >= 15 is 0 Å². The van der Waals surface area contributed by atoms with Crippen molar-refractivity contribution in [2.45, 2.75) is 49.7 Å². The van der Waals surface area contributed by atoms with E-state index in [1.807, 2.05) is 72.8 Å². The highest BCUT2D eigenvalue weighted by Crippen LogP contribution is 2.31. The van der Waals surface area contributed by atoms with E-state index in [1.165, 1.54) is 41.4 Å². The second kappa shape index (κ2) is 18.7. The smallest absolute Gasteiger partial charge is 0.326 e. The second-order valence-corrected chi connectivity index (χ2v) is 15.3. The first-order valence-electron chi connectivity index (χ1n) is 19.1. The van der Waals surface area contributed by atoms with Gasteiger partial charge >= 0.3 is 5.97 Å². The molecule has 2 aromatic heterocycles. The number of pyridine rings is 2. The van der Waals surface area contributed by atoms with Crippen LogP contribution in [0.5, 0.6) is 11.6 Å². The van der Waals surface area contributed by atoms with E-state index < -0.39 is 28.0 Å². The average molecular weight is 812 g/mol. The fraction of sp³-hybridized carbons (Fsp3) is 0.200. The molecule has 300 valence electrons. The van der Waals surface area contributed by atoms with E-state index in [0.29, 0.717) is 24.8 Å². The first-order chi connectivity index (χ1) is 28.6. The summed E-state index contributed by atoms with van der Waals surface area (Å²) in [6.07, 6.45) is 3.90. The van der Waals surface area contributed by atoms with Crippen molar-refractivity contribution in [3.63, 3.8) is 0 Å². The molecule has 14 heteroatoms. The number of carboxylic acid groups (broad SMARTS) is 1. The van der Waals surface area contributed by atoms with E-state index in [9.17, 15) is 27.7 Å². The van der Waals surface area contributed by atoms with Gasteiger partial charge in [0.25, 0.3) is 16.0 Å². The third-order valence-corrected chi connectivity index (χ3v) is 10.8. The Bertz CT molecular complexity index is 2500. The number of fused-ring (bicyclic) bond motifs is 1. The van der Waals surface area contributed by atoms with Crippen LogP contribution in [-0.2, 0) is 34.4 Å². The minimum absolute atomic E-state index is 0.0692. The number of aromatic nitrogens is 2. The van der Waals surface area contributed by atoms with Crippen LogP contribution in [0.25, 0.3) is 22.4 Å². The highest BCUT2D eigenvalue weighted by atomic mass is 32.2. The standard InChI is InChI=1S/C45H41N5O8S/c51-44(35-19-21-42(46-28-35)49-47-29-34-16-8-9-17-41(34)59(54,55)56)50-30-37-24-38(20-18-33(37)26-40(50)45(52)53)57-22-10-3-11-23-58-43-27-36(31-12-4-1-5-13-31)25-39(48-43)32-14-6-2-7-15-32/h1-2,4-9,12-21,24-25,27-28,40H,3,10-11,22-23,26,29-30H2,(H,52,53)(H,54,55,56). The van der Waals surface area contributed by atoms with Crippen molar-refractivity contribution in [1.82, 2.24) is 14.9 Å². The number of hydrogen-bond donors (Lipinski definition) is 2. The van der Waals surface area contributed by atoms with Gasteiger partial charge in [-0.05, 0) is 83.5 Å². The molecule has 3 heterocycles. The number of nitrogens with zero attached hydrogens (tertiary/aromatic N) is 5. The van der Waals surface area contributed by atoms with Crippen molar-refractivity contribution in [2.24, 2.45) is 10.2 Å². The summed E-state index contributed by atoms with van der Waals surface area (Å²) >= 11 is 0. The molecule has 0 fully saturated rings. The molecule has 7 rings (SSSR count). The van der Waals surface area contributed by atoms with Crippen molar-refractivity contribution in [3.05, 3.63) is 156 Å². The zero-order chi connectivity index (χ0) is 41.2. The first kappa shape index (κ1) is 40.4. The summed E-state index contributed by atoms with van der Waals surface area (Å²) in [5, 5.41) is 18.0. The number of carboxylic acids is 1. The van der Waals surface area contributed by atoms with Crippen molar-refractivity contribution in [3.8, 4) is 34.0 Å². The lowest BCUT2D eigenvalue weighted by Gasteiger charge is -2.34. The van der Waals surface area contributed by atoms with Crippen LogP contribution in [0.15, 0.2) is 149 Å². The Morgan fingerprint density at radius 2 is 1.47 bits per heavy atom. The molecular formula is C45H41N5O8S. The lowest BCUT2D eigenvalue weighted by Crippen LogP contribution is -2.48. The van der Waals surface area contributed by atoms with Gasteiger partial charge in [0.15, 0.2) is 5.82 Å². The molecular weight excluding hydrogens is 771 g/mol. The molecule has 0 bridgehead atoms. The van der Waals surface area contributed by atoms with E-state index in [1.54, 1.807) is 6.07 Å². The van der Waals surface area contributed by atoms with Gasteiger partial charge in [-0.2, -0.15) is 13.5 Å². The number of amides is 1. The third-order valence-electron chi connectivity index (χ3n) is 9.80. The molecule has 1 aliphatic heterocycles. The Morgan fingerprint density at radius 1 is 0.763 bits per heavy atom. The van der Waals surface area contributed by atoms with Crippen molar-refractivity contribution < 1.29 is 37.1 Å². The summed E-state index contributed by atoms with van der Waals surface area (Å²) in [6, 6.07) is 37.5. The van der Waals surface area contributed by atoms with E-state index in [-0.39, 0.29) is 41.4 Å². The fourth-order valence-corrected chi connectivity index (χ4v) is 7.49. The van der Waals surface area contributed by atoms with Gasteiger partial charge in [-0.25, -0.2) is 14.8 Å². The largest absolute Gasteiger partial charge is 0.494 e. The van der Waals surface area contributed by atoms with Gasteiger partial charge in [0.1, 0.15) is 11.8 Å². The van der Waals surface area contributed by atoms with Crippen LogP contribution in [0.4, 0.5) is 5.82 Å². The Labute approximate surface area is 341 Å². The summed E-state index contributed by atoms with van der Waals surface area (Å²) in [4.78, 5) is 36.0. The maximum Gasteiger partial charge on any atom is 0.326 e. The molecule has 2 N–H and O–H groups in total. The molecule has 1 atom stereocenters. The van der Waals surface area contributed by atoms with Crippen LogP contribution in [0.3, 0.4) is 0 Å². The molecule has 0 spiro atoms. The quantitative estimate of drug-likeness (QED) is 0.0546. The van der Waals surface area contributed by atoms with Crippen molar-refractivity contribution in [1.29, 1.82) is 0 Å². The second-order valence-electron chi connectivity index (χ2n) is 13.9. The van der Waals surface area contributed by atoms with Gasteiger partial charge in [0.2, 0.25) is 5.88 Å². The zero-order valence-corrected chi connectivity index (χ0v) is 32.7. The first-order valence-corrected chi connectivity index (χ1v) is 20.5. The number of azo groups is 1. The predicted molar refractivity (Wildman–Crippen MR) is 220 cm³/mol. The molecule has 0 saturated carbocycles. The molecule has 1 unspecified atom stereocenters. The monoisotopic (exact) mass is 811 g/mol. The summed E-state index contributed by atoms with van der Waals surface area (Å²) < 4.78 is 44.9. The lowest BCUT2D eigenvalue weighted by atomic mass is 9.93. The summed E-state index contributed by atoms with van der Waals surface area (Å²) in [7, 11) is -4.43. The molecule has 6 aromatic rings.